The minimum absolute atomic E-state index is 0.0830. The molecule has 2 aromatic carbocycles. The van der Waals surface area contributed by atoms with E-state index in [1.165, 1.54) is 22.5 Å². The summed E-state index contributed by atoms with van der Waals surface area (Å²) in [5.41, 5.74) is 5.52. The molecule has 0 spiro atoms. The minimum atomic E-state index is -2.17. The number of para-hydroxylation sites is 2. The Balaban J connectivity index is 0.000000361. The molecule has 110 valence electrons. The third-order valence-electron chi connectivity index (χ3n) is 3.88. The highest BCUT2D eigenvalue weighted by molar-refractivity contribution is 6.30. The number of hydrogen-bond donors (Lipinski definition) is 3. The lowest BCUT2D eigenvalue weighted by Crippen LogP contribution is -2.30. The summed E-state index contributed by atoms with van der Waals surface area (Å²) in [5, 5.41) is 21.5. The molecule has 0 unspecified atom stereocenters. The van der Waals surface area contributed by atoms with Crippen LogP contribution in [0.4, 0.5) is 11.4 Å². The molecule has 0 aliphatic carbocycles. The first kappa shape index (κ1) is 15.6. The van der Waals surface area contributed by atoms with Gasteiger partial charge in [0.2, 0.25) is 0 Å². The van der Waals surface area contributed by atoms with Crippen molar-refractivity contribution in [3.8, 4) is 0 Å². The molecule has 4 nitrogen and oxygen atoms in total. The fourth-order valence-electron chi connectivity index (χ4n) is 2.86. The van der Waals surface area contributed by atoms with Crippen molar-refractivity contribution >= 4 is 18.7 Å². The zero-order valence-electron chi connectivity index (χ0n) is 12.5. The van der Waals surface area contributed by atoms with Gasteiger partial charge < -0.3 is 20.0 Å². The van der Waals surface area contributed by atoms with Crippen LogP contribution < -0.4 is 4.90 Å². The quantitative estimate of drug-likeness (QED) is 0.648. The molecule has 0 saturated heterocycles. The second-order valence-electron chi connectivity index (χ2n) is 5.56. The summed E-state index contributed by atoms with van der Waals surface area (Å²) >= 11 is 0. The maximum atomic E-state index is 7.17. The maximum Gasteiger partial charge on any atom is 0.631 e. The van der Waals surface area contributed by atoms with Gasteiger partial charge in [-0.3, -0.25) is 0 Å². The van der Waals surface area contributed by atoms with Crippen LogP contribution in [0.2, 0.25) is 0 Å². The van der Waals surface area contributed by atoms with Crippen LogP contribution in [0.5, 0.6) is 0 Å². The van der Waals surface area contributed by atoms with Crippen LogP contribution in [0.25, 0.3) is 0 Å². The normalized spacial score (nSPS) is 14.5. The lowest BCUT2D eigenvalue weighted by molar-refractivity contribution is 0.278. The van der Waals surface area contributed by atoms with Crippen LogP contribution >= 0.6 is 0 Å². The first-order chi connectivity index (χ1) is 9.85. The zero-order valence-corrected chi connectivity index (χ0v) is 12.5. The molecule has 1 aliphatic heterocycles. The van der Waals surface area contributed by atoms with Crippen LogP contribution in [-0.2, 0) is 5.41 Å². The summed E-state index contributed by atoms with van der Waals surface area (Å²) in [5.74, 6) is 0. The van der Waals surface area contributed by atoms with Gasteiger partial charge in [-0.25, -0.2) is 0 Å². The van der Waals surface area contributed by atoms with Gasteiger partial charge in [-0.15, -0.1) is 0 Å². The average molecular weight is 285 g/mol. The van der Waals surface area contributed by atoms with Gasteiger partial charge in [-0.2, -0.15) is 0 Å². The highest BCUT2D eigenvalue weighted by Gasteiger charge is 2.34. The second-order valence-corrected chi connectivity index (χ2v) is 5.56. The summed E-state index contributed by atoms with van der Waals surface area (Å²) in [6.45, 7) is 4.61. The van der Waals surface area contributed by atoms with Gasteiger partial charge in [-0.05, 0) is 23.3 Å². The second kappa shape index (κ2) is 5.89. The highest BCUT2D eigenvalue weighted by atomic mass is 16.5. The van der Waals surface area contributed by atoms with E-state index in [1.54, 1.807) is 0 Å². The molecule has 0 aromatic heterocycles. The molecule has 21 heavy (non-hydrogen) atoms. The first-order valence-electron chi connectivity index (χ1n) is 6.82. The number of benzene rings is 2. The Morgan fingerprint density at radius 3 is 1.52 bits per heavy atom. The predicted octanol–water partition coefficient (Wildman–Crippen LogP) is 2.04. The fourth-order valence-corrected chi connectivity index (χ4v) is 2.86. The minimum Gasteiger partial charge on any atom is -0.402 e. The van der Waals surface area contributed by atoms with Crippen molar-refractivity contribution in [2.75, 3.05) is 11.9 Å². The Hall–Kier alpha value is -1.82. The summed E-state index contributed by atoms with van der Waals surface area (Å²) < 4.78 is 0. The Morgan fingerprint density at radius 1 is 0.810 bits per heavy atom. The van der Waals surface area contributed by atoms with Crippen LogP contribution in [0, 0.1) is 0 Å². The summed E-state index contributed by atoms with van der Waals surface area (Å²) in [7, 11) is -0.0209. The number of anilines is 2. The van der Waals surface area contributed by atoms with E-state index < -0.39 is 7.32 Å². The third-order valence-corrected chi connectivity index (χ3v) is 3.88. The summed E-state index contributed by atoms with van der Waals surface area (Å²) in [4.78, 5) is 2.29. The molecule has 0 fully saturated rings. The van der Waals surface area contributed by atoms with Gasteiger partial charge in [0.1, 0.15) is 0 Å². The molecular weight excluding hydrogens is 265 g/mol. The Bertz CT molecular complexity index is 576. The number of fused-ring (bicyclic) bond motifs is 2. The molecule has 0 amide bonds. The Kier molecular flexibility index (Phi) is 4.37. The smallest absolute Gasteiger partial charge is 0.402 e. The molecule has 3 N–H and O–H groups in total. The van der Waals surface area contributed by atoms with E-state index in [0.29, 0.717) is 0 Å². The van der Waals surface area contributed by atoms with Gasteiger partial charge in [-0.1, -0.05) is 50.2 Å². The molecule has 1 heterocycles. The standard InChI is InChI=1S/C16H17N.BH3O3/c1-16(2)12-8-4-6-10-14(12)17(3)15-11-7-5-9-13(15)16;2-1(3)4/h4-11H,1-3H3;2-4H. The van der Waals surface area contributed by atoms with Gasteiger partial charge in [0.15, 0.2) is 0 Å². The topological polar surface area (TPSA) is 63.9 Å². The third kappa shape index (κ3) is 2.95. The van der Waals surface area contributed by atoms with Crippen molar-refractivity contribution in [3.63, 3.8) is 0 Å². The zero-order chi connectivity index (χ0) is 15.6. The molecule has 0 atom stereocenters. The molecule has 3 rings (SSSR count). The Labute approximate surface area is 125 Å². The monoisotopic (exact) mass is 285 g/mol. The van der Waals surface area contributed by atoms with Crippen LogP contribution in [0.1, 0.15) is 25.0 Å². The van der Waals surface area contributed by atoms with Crippen molar-refractivity contribution < 1.29 is 15.1 Å². The van der Waals surface area contributed by atoms with Crippen molar-refractivity contribution in [2.45, 2.75) is 19.3 Å². The lowest BCUT2D eigenvalue weighted by atomic mass is 9.74. The van der Waals surface area contributed by atoms with Crippen molar-refractivity contribution in [1.82, 2.24) is 0 Å². The number of hydrogen-bond acceptors (Lipinski definition) is 4. The Morgan fingerprint density at radius 2 is 1.14 bits per heavy atom. The molecular formula is C16H20BNO3. The average Bonchev–Trinajstić information content (AvgIpc) is 2.45. The number of rotatable bonds is 0. The largest absolute Gasteiger partial charge is 0.631 e. The fraction of sp³-hybridized carbons (Fsp3) is 0.250. The van der Waals surface area contributed by atoms with E-state index in [-0.39, 0.29) is 5.41 Å². The van der Waals surface area contributed by atoms with E-state index in [0.717, 1.165) is 0 Å². The van der Waals surface area contributed by atoms with Gasteiger partial charge in [0, 0.05) is 23.8 Å². The van der Waals surface area contributed by atoms with Crippen molar-refractivity contribution in [2.24, 2.45) is 0 Å². The van der Waals surface area contributed by atoms with Crippen LogP contribution in [0.3, 0.4) is 0 Å². The van der Waals surface area contributed by atoms with Crippen molar-refractivity contribution in [3.05, 3.63) is 59.7 Å². The summed E-state index contributed by atoms with van der Waals surface area (Å²) in [6.07, 6.45) is 0. The first-order valence-corrected chi connectivity index (χ1v) is 6.82. The SMILES string of the molecule is CN1c2ccccc2C(C)(C)c2ccccc21.OB(O)O. The van der Waals surface area contributed by atoms with E-state index >= 15 is 0 Å². The van der Waals surface area contributed by atoms with Crippen LogP contribution in [0.15, 0.2) is 48.5 Å². The van der Waals surface area contributed by atoms with E-state index in [9.17, 15) is 0 Å². The van der Waals surface area contributed by atoms with Gasteiger partial charge >= 0.3 is 7.32 Å². The van der Waals surface area contributed by atoms with Gasteiger partial charge in [0.25, 0.3) is 0 Å². The van der Waals surface area contributed by atoms with E-state index in [4.69, 9.17) is 15.1 Å². The van der Waals surface area contributed by atoms with Crippen LogP contribution in [-0.4, -0.2) is 29.4 Å². The molecule has 5 heteroatoms. The summed E-state index contributed by atoms with van der Waals surface area (Å²) in [6, 6.07) is 17.4. The molecule has 0 radical (unpaired) electrons. The van der Waals surface area contributed by atoms with E-state index in [2.05, 4.69) is 74.3 Å². The van der Waals surface area contributed by atoms with E-state index in [1.807, 2.05) is 0 Å². The van der Waals surface area contributed by atoms with Gasteiger partial charge in [0.05, 0.1) is 0 Å². The molecule has 2 aromatic rings. The predicted molar refractivity (Wildman–Crippen MR) is 85.5 cm³/mol. The maximum absolute atomic E-state index is 7.17. The highest BCUT2D eigenvalue weighted by Crippen LogP contribution is 2.47. The number of nitrogens with zero attached hydrogens (tertiary/aromatic N) is 1. The molecule has 0 saturated carbocycles. The lowest BCUT2D eigenvalue weighted by Gasteiger charge is -2.40. The molecule has 0 bridgehead atoms. The van der Waals surface area contributed by atoms with Crippen molar-refractivity contribution in [1.29, 1.82) is 0 Å². The molecule has 1 aliphatic rings.